The molecule has 2 N–H and O–H groups in total. The molecule has 0 amide bonds. The molecule has 0 aliphatic rings. The summed E-state index contributed by atoms with van der Waals surface area (Å²) >= 11 is 0. The van der Waals surface area contributed by atoms with E-state index in [0.29, 0.717) is 28.2 Å². The Bertz CT molecular complexity index is 1510. The molecule has 3 aromatic carbocycles. The maximum atomic E-state index is 12.6. The van der Waals surface area contributed by atoms with Crippen molar-refractivity contribution in [1.82, 2.24) is 0 Å². The lowest BCUT2D eigenvalue weighted by Gasteiger charge is -2.11. The van der Waals surface area contributed by atoms with Crippen LogP contribution >= 0.6 is 0 Å². The molecular weight excluding hydrogens is 450 g/mol. The van der Waals surface area contributed by atoms with E-state index < -0.39 is 20.6 Å². The highest BCUT2D eigenvalue weighted by atomic mass is 32.2. The Labute approximate surface area is 187 Å². The molecule has 0 saturated carbocycles. The average molecular weight is 467 g/mol. The van der Waals surface area contributed by atoms with Crippen LogP contribution in [0, 0.1) is 10.1 Å². The minimum absolute atomic E-state index is 0.0492. The number of methoxy groups -OCH3 is 1. The first-order chi connectivity index (χ1) is 15.7. The van der Waals surface area contributed by atoms with Crippen LogP contribution in [0.15, 0.2) is 86.9 Å². The van der Waals surface area contributed by atoms with Crippen molar-refractivity contribution in [3.8, 4) is 5.75 Å². The number of hydrogen-bond donors (Lipinski definition) is 2. The summed E-state index contributed by atoms with van der Waals surface area (Å²) < 4.78 is 37.9. The van der Waals surface area contributed by atoms with Crippen LogP contribution in [0.5, 0.6) is 5.75 Å². The molecule has 33 heavy (non-hydrogen) atoms. The second-order valence-electron chi connectivity index (χ2n) is 6.90. The van der Waals surface area contributed by atoms with Gasteiger partial charge >= 0.3 is 5.63 Å². The van der Waals surface area contributed by atoms with Crippen molar-refractivity contribution < 1.29 is 22.5 Å². The van der Waals surface area contributed by atoms with Gasteiger partial charge in [-0.25, -0.2) is 13.2 Å². The van der Waals surface area contributed by atoms with E-state index in [9.17, 15) is 23.3 Å². The maximum Gasteiger partial charge on any atom is 0.338 e. The van der Waals surface area contributed by atoms with E-state index in [-0.39, 0.29) is 16.2 Å². The summed E-state index contributed by atoms with van der Waals surface area (Å²) in [6.07, 6.45) is 0. The molecule has 1 heterocycles. The molecule has 0 saturated heterocycles. The van der Waals surface area contributed by atoms with Gasteiger partial charge in [-0.3, -0.25) is 14.8 Å². The monoisotopic (exact) mass is 467 g/mol. The van der Waals surface area contributed by atoms with Crippen molar-refractivity contribution >= 4 is 43.7 Å². The number of nitro benzene ring substituents is 1. The van der Waals surface area contributed by atoms with Crippen molar-refractivity contribution in [2.75, 3.05) is 17.1 Å². The minimum atomic E-state index is -3.83. The summed E-state index contributed by atoms with van der Waals surface area (Å²) in [4.78, 5) is 22.5. The van der Waals surface area contributed by atoms with Gasteiger partial charge in [0.05, 0.1) is 22.6 Å². The molecule has 0 aliphatic heterocycles. The fourth-order valence-corrected chi connectivity index (χ4v) is 4.22. The van der Waals surface area contributed by atoms with Crippen LogP contribution in [0.1, 0.15) is 0 Å². The topological polar surface area (TPSA) is 141 Å². The molecule has 0 spiro atoms. The highest BCUT2D eigenvalue weighted by Crippen LogP contribution is 2.29. The number of ether oxygens (including phenoxy) is 1. The zero-order valence-electron chi connectivity index (χ0n) is 17.1. The zero-order chi connectivity index (χ0) is 23.6. The van der Waals surface area contributed by atoms with Crippen LogP contribution in [0.4, 0.5) is 22.7 Å². The summed E-state index contributed by atoms with van der Waals surface area (Å²) in [6, 6.07) is 17.4. The number of nitrogens with one attached hydrogen (secondary N) is 2. The van der Waals surface area contributed by atoms with Gasteiger partial charge in [0, 0.05) is 41.0 Å². The SMILES string of the molecule is COc1cccc(S(=O)(=O)Nc2ccc(Nc3cc(=O)oc4ccc([N+](=O)[O-])cc34)cc2)c1. The third-order valence-electron chi connectivity index (χ3n) is 4.70. The lowest BCUT2D eigenvalue weighted by Crippen LogP contribution is -2.13. The van der Waals surface area contributed by atoms with Gasteiger partial charge in [0.2, 0.25) is 0 Å². The van der Waals surface area contributed by atoms with E-state index in [1.54, 1.807) is 24.3 Å². The Morgan fingerprint density at radius 1 is 0.970 bits per heavy atom. The van der Waals surface area contributed by atoms with E-state index in [2.05, 4.69) is 10.0 Å². The molecule has 0 atom stereocenters. The van der Waals surface area contributed by atoms with Gasteiger partial charge in [-0.15, -0.1) is 0 Å². The summed E-state index contributed by atoms with van der Waals surface area (Å²) in [5.74, 6) is 0.414. The number of benzene rings is 3. The van der Waals surface area contributed by atoms with Crippen molar-refractivity contribution in [1.29, 1.82) is 0 Å². The summed E-state index contributed by atoms with van der Waals surface area (Å²) in [6.45, 7) is 0. The third-order valence-corrected chi connectivity index (χ3v) is 6.08. The molecule has 168 valence electrons. The first kappa shape index (κ1) is 21.8. The van der Waals surface area contributed by atoms with E-state index in [4.69, 9.17) is 9.15 Å². The molecule has 0 fully saturated rings. The molecule has 10 nitrogen and oxygen atoms in total. The van der Waals surface area contributed by atoms with Crippen LogP contribution in [0.25, 0.3) is 11.0 Å². The van der Waals surface area contributed by atoms with Gasteiger partial charge < -0.3 is 14.5 Å². The standard InChI is InChI=1S/C22H17N3O7S/c1-31-17-3-2-4-18(12-17)33(29,30)24-15-7-5-14(6-8-15)23-20-13-22(26)32-21-10-9-16(25(27)28)11-19(20)21/h2-13,23-24H,1H3. The predicted molar refractivity (Wildman–Crippen MR) is 123 cm³/mol. The number of non-ortho nitro benzene ring substituents is 1. The summed E-state index contributed by atoms with van der Waals surface area (Å²) in [5.41, 5.74) is 0.574. The molecule has 4 aromatic rings. The van der Waals surface area contributed by atoms with Gasteiger partial charge in [0.1, 0.15) is 11.3 Å². The summed E-state index contributed by atoms with van der Waals surface area (Å²) in [7, 11) is -2.39. The van der Waals surface area contributed by atoms with Gasteiger partial charge in [-0.05, 0) is 42.5 Å². The van der Waals surface area contributed by atoms with Crippen molar-refractivity contribution in [3.63, 3.8) is 0 Å². The lowest BCUT2D eigenvalue weighted by molar-refractivity contribution is -0.384. The smallest absolute Gasteiger partial charge is 0.338 e. The quantitative estimate of drug-likeness (QED) is 0.233. The number of sulfonamides is 1. The normalized spacial score (nSPS) is 11.2. The summed E-state index contributed by atoms with van der Waals surface area (Å²) in [5, 5.41) is 14.5. The van der Waals surface area contributed by atoms with Gasteiger partial charge in [0.25, 0.3) is 15.7 Å². The average Bonchev–Trinajstić information content (AvgIpc) is 2.80. The second-order valence-corrected chi connectivity index (χ2v) is 8.59. The fraction of sp³-hybridized carbons (Fsp3) is 0.0455. The van der Waals surface area contributed by atoms with E-state index in [1.165, 1.54) is 55.6 Å². The van der Waals surface area contributed by atoms with Gasteiger partial charge in [0.15, 0.2) is 0 Å². The van der Waals surface area contributed by atoms with Crippen molar-refractivity contribution in [3.05, 3.63) is 93.3 Å². The Morgan fingerprint density at radius 2 is 1.70 bits per heavy atom. The number of rotatable bonds is 7. The number of fused-ring (bicyclic) bond motifs is 1. The Kier molecular flexibility index (Phi) is 5.71. The molecule has 4 rings (SSSR count). The van der Waals surface area contributed by atoms with Crippen molar-refractivity contribution in [2.45, 2.75) is 4.90 Å². The van der Waals surface area contributed by atoms with Crippen LogP contribution in [-0.4, -0.2) is 20.5 Å². The third kappa shape index (κ3) is 4.77. The predicted octanol–water partition coefficient (Wildman–Crippen LogP) is 4.25. The Hall–Kier alpha value is -4.38. The molecular formula is C22H17N3O7S. The van der Waals surface area contributed by atoms with Crippen LogP contribution in [0.3, 0.4) is 0 Å². The number of nitro groups is 1. The van der Waals surface area contributed by atoms with Crippen LogP contribution < -0.4 is 20.4 Å². The van der Waals surface area contributed by atoms with E-state index in [0.717, 1.165) is 0 Å². The highest BCUT2D eigenvalue weighted by Gasteiger charge is 2.15. The Morgan fingerprint density at radius 3 is 2.39 bits per heavy atom. The zero-order valence-corrected chi connectivity index (χ0v) is 18.0. The lowest BCUT2D eigenvalue weighted by atomic mass is 10.1. The Balaban J connectivity index is 1.59. The number of nitrogens with zero attached hydrogens (tertiary/aromatic N) is 1. The van der Waals surface area contributed by atoms with Crippen molar-refractivity contribution in [2.24, 2.45) is 0 Å². The molecule has 0 radical (unpaired) electrons. The van der Waals surface area contributed by atoms with Gasteiger partial charge in [-0.2, -0.15) is 0 Å². The molecule has 1 aromatic heterocycles. The van der Waals surface area contributed by atoms with E-state index in [1.807, 2.05) is 0 Å². The number of anilines is 3. The fourth-order valence-electron chi connectivity index (χ4n) is 3.13. The first-order valence-electron chi connectivity index (χ1n) is 9.51. The highest BCUT2D eigenvalue weighted by molar-refractivity contribution is 7.92. The molecule has 11 heteroatoms. The first-order valence-corrected chi connectivity index (χ1v) is 11.0. The number of hydrogen-bond acceptors (Lipinski definition) is 8. The molecule has 0 aliphatic carbocycles. The molecule has 0 bridgehead atoms. The van der Waals surface area contributed by atoms with Crippen LogP contribution in [-0.2, 0) is 10.0 Å². The minimum Gasteiger partial charge on any atom is -0.497 e. The second kappa shape index (κ2) is 8.63. The maximum absolute atomic E-state index is 12.6. The largest absolute Gasteiger partial charge is 0.497 e. The van der Waals surface area contributed by atoms with Crippen LogP contribution in [0.2, 0.25) is 0 Å². The van der Waals surface area contributed by atoms with E-state index >= 15 is 0 Å². The van der Waals surface area contributed by atoms with Gasteiger partial charge in [-0.1, -0.05) is 6.07 Å². The molecule has 0 unspecified atom stereocenters.